The molecule has 0 bridgehead atoms. The minimum Gasteiger partial charge on any atom is -0.366 e. The SMILES string of the molecule is CC.c1cc(NC2CCCNC2)nc(-c2cnc3cnc(C4CC4)cn23)c1. The maximum absolute atomic E-state index is 4.83. The molecule has 2 fully saturated rings. The van der Waals surface area contributed by atoms with Gasteiger partial charge in [-0.2, -0.15) is 0 Å². The van der Waals surface area contributed by atoms with E-state index in [2.05, 4.69) is 37.3 Å². The van der Waals surface area contributed by atoms with Crippen LogP contribution < -0.4 is 10.6 Å². The van der Waals surface area contributed by atoms with Crippen molar-refractivity contribution in [3.8, 4) is 11.4 Å². The molecule has 0 aromatic carbocycles. The molecule has 27 heavy (non-hydrogen) atoms. The van der Waals surface area contributed by atoms with E-state index in [0.29, 0.717) is 12.0 Å². The fourth-order valence-electron chi connectivity index (χ4n) is 3.53. The van der Waals surface area contributed by atoms with E-state index >= 15 is 0 Å². The van der Waals surface area contributed by atoms with Crippen LogP contribution >= 0.6 is 0 Å². The van der Waals surface area contributed by atoms with Gasteiger partial charge in [0.05, 0.1) is 29.5 Å². The highest BCUT2D eigenvalue weighted by molar-refractivity contribution is 5.61. The Balaban J connectivity index is 0.000000872. The average molecular weight is 364 g/mol. The number of nitrogens with zero attached hydrogens (tertiary/aromatic N) is 4. The molecule has 1 unspecified atom stereocenters. The Labute approximate surface area is 160 Å². The number of piperidine rings is 1. The van der Waals surface area contributed by atoms with Crippen LogP contribution in [0, 0.1) is 0 Å². The van der Waals surface area contributed by atoms with Crippen molar-refractivity contribution in [2.75, 3.05) is 18.4 Å². The fraction of sp³-hybridized carbons (Fsp3) is 0.476. The molecule has 1 saturated heterocycles. The van der Waals surface area contributed by atoms with Crippen LogP contribution in [0.5, 0.6) is 0 Å². The molecule has 1 aliphatic carbocycles. The van der Waals surface area contributed by atoms with Crippen LogP contribution in [0.25, 0.3) is 17.0 Å². The van der Waals surface area contributed by atoms with Gasteiger partial charge in [0.1, 0.15) is 5.82 Å². The summed E-state index contributed by atoms with van der Waals surface area (Å²) >= 11 is 0. The topological polar surface area (TPSA) is 67.1 Å². The number of hydrogen-bond donors (Lipinski definition) is 2. The molecule has 142 valence electrons. The molecule has 5 rings (SSSR count). The Morgan fingerprint density at radius 3 is 2.78 bits per heavy atom. The Morgan fingerprint density at radius 2 is 2.00 bits per heavy atom. The second kappa shape index (κ2) is 8.05. The molecular weight excluding hydrogens is 336 g/mol. The monoisotopic (exact) mass is 364 g/mol. The molecule has 6 nitrogen and oxygen atoms in total. The first-order chi connectivity index (χ1) is 13.4. The van der Waals surface area contributed by atoms with Crippen LogP contribution in [0.1, 0.15) is 51.1 Å². The summed E-state index contributed by atoms with van der Waals surface area (Å²) in [5.41, 5.74) is 3.99. The third-order valence-electron chi connectivity index (χ3n) is 5.07. The van der Waals surface area contributed by atoms with Gasteiger partial charge in [-0.1, -0.05) is 19.9 Å². The lowest BCUT2D eigenvalue weighted by Crippen LogP contribution is -2.38. The lowest BCUT2D eigenvalue weighted by atomic mass is 10.1. The highest BCUT2D eigenvalue weighted by Crippen LogP contribution is 2.39. The van der Waals surface area contributed by atoms with E-state index in [0.717, 1.165) is 41.6 Å². The zero-order valence-corrected chi connectivity index (χ0v) is 16.2. The van der Waals surface area contributed by atoms with Crippen molar-refractivity contribution in [1.82, 2.24) is 24.7 Å². The quantitative estimate of drug-likeness (QED) is 0.736. The van der Waals surface area contributed by atoms with Crippen molar-refractivity contribution in [1.29, 1.82) is 0 Å². The van der Waals surface area contributed by atoms with Gasteiger partial charge in [0.15, 0.2) is 5.65 Å². The first-order valence-electron chi connectivity index (χ1n) is 10.1. The van der Waals surface area contributed by atoms with Crippen LogP contribution in [-0.4, -0.2) is 38.5 Å². The molecular formula is C21H28N6. The molecule has 1 saturated carbocycles. The summed E-state index contributed by atoms with van der Waals surface area (Å²) in [5.74, 6) is 1.55. The van der Waals surface area contributed by atoms with Gasteiger partial charge in [-0.25, -0.2) is 9.97 Å². The largest absolute Gasteiger partial charge is 0.366 e. The van der Waals surface area contributed by atoms with Crippen LogP contribution in [0.15, 0.2) is 36.8 Å². The van der Waals surface area contributed by atoms with Crippen LogP contribution in [0.3, 0.4) is 0 Å². The summed E-state index contributed by atoms with van der Waals surface area (Å²) in [5, 5.41) is 6.99. The summed E-state index contributed by atoms with van der Waals surface area (Å²) < 4.78 is 2.12. The van der Waals surface area contributed by atoms with E-state index in [1.807, 2.05) is 38.4 Å². The number of rotatable bonds is 4. The average Bonchev–Trinajstić information content (AvgIpc) is 3.49. The predicted molar refractivity (Wildman–Crippen MR) is 109 cm³/mol. The van der Waals surface area contributed by atoms with E-state index in [1.54, 1.807) is 0 Å². The molecule has 2 N–H and O–H groups in total. The lowest BCUT2D eigenvalue weighted by molar-refractivity contribution is 0.479. The Bertz CT molecular complexity index is 893. The minimum atomic E-state index is 0.448. The van der Waals surface area contributed by atoms with Gasteiger partial charge in [0, 0.05) is 24.7 Å². The van der Waals surface area contributed by atoms with Crippen LogP contribution in [-0.2, 0) is 0 Å². The van der Waals surface area contributed by atoms with E-state index < -0.39 is 0 Å². The number of aromatic nitrogens is 4. The molecule has 0 radical (unpaired) electrons. The summed E-state index contributed by atoms with van der Waals surface area (Å²) in [7, 11) is 0. The molecule has 1 atom stereocenters. The predicted octanol–water partition coefficient (Wildman–Crippen LogP) is 3.86. The lowest BCUT2D eigenvalue weighted by Gasteiger charge is -2.24. The van der Waals surface area contributed by atoms with Crippen molar-refractivity contribution in [2.45, 2.75) is 51.5 Å². The van der Waals surface area contributed by atoms with Crippen molar-refractivity contribution in [3.63, 3.8) is 0 Å². The third-order valence-corrected chi connectivity index (χ3v) is 5.07. The minimum absolute atomic E-state index is 0.448. The molecule has 6 heteroatoms. The summed E-state index contributed by atoms with van der Waals surface area (Å²) in [6.45, 7) is 6.11. The maximum Gasteiger partial charge on any atom is 0.155 e. The van der Waals surface area contributed by atoms with Gasteiger partial charge >= 0.3 is 0 Å². The standard InChI is InChI=1S/C19H22N6.C2H6/c1-4-15(24-18(5-1)23-14-3-2-8-20-9-14)17-10-22-19-11-21-16(12-25(17)19)13-6-7-13;1-2/h1,4-5,10-14,20H,2-3,6-9H2,(H,23,24);1-2H3. The summed E-state index contributed by atoms with van der Waals surface area (Å²) in [4.78, 5) is 13.9. The van der Waals surface area contributed by atoms with Gasteiger partial charge < -0.3 is 10.6 Å². The molecule has 3 aromatic heterocycles. The molecule has 4 heterocycles. The van der Waals surface area contributed by atoms with Gasteiger partial charge in [0.2, 0.25) is 0 Å². The third kappa shape index (κ3) is 3.95. The zero-order chi connectivity index (χ0) is 18.6. The van der Waals surface area contributed by atoms with Crippen LogP contribution in [0.2, 0.25) is 0 Å². The van der Waals surface area contributed by atoms with Gasteiger partial charge in [-0.05, 0) is 44.4 Å². The van der Waals surface area contributed by atoms with Gasteiger partial charge in [0.25, 0.3) is 0 Å². The van der Waals surface area contributed by atoms with E-state index in [-0.39, 0.29) is 0 Å². The van der Waals surface area contributed by atoms with Crippen LogP contribution in [0.4, 0.5) is 5.82 Å². The van der Waals surface area contributed by atoms with E-state index in [1.165, 1.54) is 25.7 Å². The highest BCUT2D eigenvalue weighted by atomic mass is 15.1. The maximum atomic E-state index is 4.83. The van der Waals surface area contributed by atoms with Crippen molar-refractivity contribution >= 4 is 11.5 Å². The smallest absolute Gasteiger partial charge is 0.155 e. The fourth-order valence-corrected chi connectivity index (χ4v) is 3.53. The number of imidazole rings is 1. The van der Waals surface area contributed by atoms with Gasteiger partial charge in [-0.3, -0.25) is 9.38 Å². The molecule has 0 spiro atoms. The number of fused-ring (bicyclic) bond motifs is 1. The second-order valence-electron chi connectivity index (χ2n) is 7.05. The Hall–Kier alpha value is -2.47. The van der Waals surface area contributed by atoms with Crippen molar-refractivity contribution < 1.29 is 0 Å². The summed E-state index contributed by atoms with van der Waals surface area (Å²) in [6, 6.07) is 6.59. The highest BCUT2D eigenvalue weighted by Gasteiger charge is 2.25. The number of pyridine rings is 1. The first kappa shape index (κ1) is 17.9. The molecule has 1 aliphatic heterocycles. The van der Waals surface area contributed by atoms with Gasteiger partial charge in [-0.15, -0.1) is 0 Å². The normalized spacial score (nSPS) is 19.4. The number of hydrogen-bond acceptors (Lipinski definition) is 5. The first-order valence-corrected chi connectivity index (χ1v) is 10.1. The number of nitrogens with one attached hydrogen (secondary N) is 2. The summed E-state index contributed by atoms with van der Waals surface area (Å²) in [6.07, 6.45) is 10.8. The number of anilines is 1. The van der Waals surface area contributed by atoms with E-state index in [4.69, 9.17) is 4.98 Å². The molecule has 0 amide bonds. The zero-order valence-electron chi connectivity index (χ0n) is 16.2. The van der Waals surface area contributed by atoms with Crippen molar-refractivity contribution in [3.05, 3.63) is 42.5 Å². The van der Waals surface area contributed by atoms with E-state index in [9.17, 15) is 0 Å². The Kier molecular flexibility index (Phi) is 5.34. The Morgan fingerprint density at radius 1 is 1.11 bits per heavy atom. The second-order valence-corrected chi connectivity index (χ2v) is 7.05. The molecule has 2 aliphatic rings. The van der Waals surface area contributed by atoms with Crippen molar-refractivity contribution in [2.24, 2.45) is 0 Å². The molecule has 3 aromatic rings.